The number of pyridine rings is 1. The van der Waals surface area contributed by atoms with Crippen molar-refractivity contribution in [2.45, 2.75) is 0 Å². The molecule has 3 rings (SSSR count). The van der Waals surface area contributed by atoms with E-state index < -0.39 is 11.9 Å². The maximum absolute atomic E-state index is 12.3. The largest absolute Gasteiger partial charge is 0.477 e. The number of aromatic nitrogens is 1. The van der Waals surface area contributed by atoms with E-state index in [0.717, 1.165) is 10.4 Å². The van der Waals surface area contributed by atoms with Crippen LogP contribution in [0.5, 0.6) is 0 Å². The third kappa shape index (κ3) is 4.82. The lowest BCUT2D eigenvalue weighted by Gasteiger charge is -2.06. The summed E-state index contributed by atoms with van der Waals surface area (Å²) in [5, 5.41) is 12.5. The second-order valence-corrected chi connectivity index (χ2v) is 7.83. The number of halogens is 2. The monoisotopic (exact) mass is 462 g/mol. The molecule has 136 valence electrons. The Labute approximate surface area is 172 Å². The molecule has 3 aromatic rings. The van der Waals surface area contributed by atoms with E-state index >= 15 is 0 Å². The van der Waals surface area contributed by atoms with Gasteiger partial charge in [0.1, 0.15) is 5.70 Å². The Morgan fingerprint density at radius 2 is 1.96 bits per heavy atom. The van der Waals surface area contributed by atoms with Crippen LogP contribution in [0.4, 0.5) is 0 Å². The predicted octanol–water partition coefficient (Wildman–Crippen LogP) is 5.08. The van der Waals surface area contributed by atoms with Gasteiger partial charge in [-0.3, -0.25) is 9.78 Å². The quantitative estimate of drug-likeness (QED) is 0.517. The van der Waals surface area contributed by atoms with Crippen LogP contribution in [0.2, 0.25) is 5.02 Å². The summed E-state index contributed by atoms with van der Waals surface area (Å²) in [6.07, 6.45) is 4.31. The van der Waals surface area contributed by atoms with E-state index in [9.17, 15) is 14.7 Å². The molecular weight excluding hydrogens is 452 g/mol. The number of benzene rings is 1. The third-order valence-corrected chi connectivity index (χ3v) is 5.33. The number of nitrogens with zero attached hydrogens (tertiary/aromatic N) is 1. The molecule has 0 aliphatic heterocycles. The fourth-order valence-corrected chi connectivity index (χ4v) is 3.91. The lowest BCUT2D eigenvalue weighted by molar-refractivity contribution is -0.132. The predicted molar refractivity (Wildman–Crippen MR) is 110 cm³/mol. The fourth-order valence-electron chi connectivity index (χ4n) is 2.26. The van der Waals surface area contributed by atoms with Gasteiger partial charge in [0.2, 0.25) is 0 Å². The Morgan fingerprint density at radius 1 is 1.19 bits per heavy atom. The molecule has 2 N–H and O–H groups in total. The van der Waals surface area contributed by atoms with Gasteiger partial charge in [0.25, 0.3) is 5.91 Å². The van der Waals surface area contributed by atoms with Crippen molar-refractivity contribution in [2.24, 2.45) is 0 Å². The molecule has 0 atom stereocenters. The zero-order valence-electron chi connectivity index (χ0n) is 13.6. The van der Waals surface area contributed by atoms with Crippen LogP contribution in [0.1, 0.15) is 15.2 Å². The van der Waals surface area contributed by atoms with Crippen molar-refractivity contribution < 1.29 is 14.7 Å². The highest BCUT2D eigenvalue weighted by molar-refractivity contribution is 9.10. The van der Waals surface area contributed by atoms with E-state index in [1.165, 1.54) is 29.8 Å². The number of nitrogens with one attached hydrogen (secondary N) is 1. The molecule has 0 fully saturated rings. The number of carboxylic acid groups (broad SMARTS) is 1. The van der Waals surface area contributed by atoms with Gasteiger partial charge in [-0.05, 0) is 46.3 Å². The second kappa shape index (κ2) is 8.47. The van der Waals surface area contributed by atoms with Crippen LogP contribution in [0.3, 0.4) is 0 Å². The number of aliphatic carboxylic acids is 1. The molecule has 1 aromatic carbocycles. The second-order valence-electron chi connectivity index (χ2n) is 5.39. The molecule has 0 saturated carbocycles. The number of amides is 1. The van der Waals surface area contributed by atoms with Crippen molar-refractivity contribution in [3.05, 3.63) is 80.5 Å². The summed E-state index contributed by atoms with van der Waals surface area (Å²) >= 11 is 10.8. The van der Waals surface area contributed by atoms with Crippen LogP contribution in [-0.4, -0.2) is 22.0 Å². The fraction of sp³-hybridized carbons (Fsp3) is 0. The minimum Gasteiger partial charge on any atom is -0.477 e. The summed E-state index contributed by atoms with van der Waals surface area (Å²) in [5.41, 5.74) is 0.886. The van der Waals surface area contributed by atoms with Crippen molar-refractivity contribution in [3.63, 3.8) is 0 Å². The third-order valence-electron chi connectivity index (χ3n) is 3.50. The van der Waals surface area contributed by atoms with Crippen LogP contribution in [0.15, 0.2) is 65.0 Å². The first-order valence-electron chi connectivity index (χ1n) is 7.65. The molecule has 0 bridgehead atoms. The molecule has 0 aliphatic carbocycles. The van der Waals surface area contributed by atoms with Crippen molar-refractivity contribution >= 4 is 56.8 Å². The molecule has 27 heavy (non-hydrogen) atoms. The molecule has 0 spiro atoms. The normalized spacial score (nSPS) is 11.3. The Morgan fingerprint density at radius 3 is 2.67 bits per heavy atom. The van der Waals surface area contributed by atoms with Crippen molar-refractivity contribution in [1.29, 1.82) is 0 Å². The van der Waals surface area contributed by atoms with Gasteiger partial charge < -0.3 is 10.4 Å². The summed E-state index contributed by atoms with van der Waals surface area (Å²) in [6, 6.07) is 12.6. The number of thiophene rings is 1. The highest BCUT2D eigenvalue weighted by Crippen LogP contribution is 2.33. The van der Waals surface area contributed by atoms with E-state index in [0.29, 0.717) is 14.4 Å². The van der Waals surface area contributed by atoms with E-state index in [1.807, 2.05) is 24.3 Å². The maximum atomic E-state index is 12.3. The van der Waals surface area contributed by atoms with Gasteiger partial charge >= 0.3 is 5.97 Å². The molecule has 1 amide bonds. The number of hydrogen-bond donors (Lipinski definition) is 2. The Hall–Kier alpha value is -2.48. The molecule has 0 unspecified atom stereocenters. The van der Waals surface area contributed by atoms with Crippen molar-refractivity contribution in [2.75, 3.05) is 0 Å². The highest BCUT2D eigenvalue weighted by atomic mass is 79.9. The number of carbonyl (C=O) groups is 2. The van der Waals surface area contributed by atoms with Gasteiger partial charge in [0.05, 0.1) is 5.56 Å². The van der Waals surface area contributed by atoms with Crippen LogP contribution in [0, 0.1) is 0 Å². The minimum absolute atomic E-state index is 0.229. The maximum Gasteiger partial charge on any atom is 0.352 e. The molecule has 0 saturated heterocycles. The Bertz CT molecular complexity index is 1050. The summed E-state index contributed by atoms with van der Waals surface area (Å²) in [4.78, 5) is 29.3. The summed E-state index contributed by atoms with van der Waals surface area (Å²) in [5.74, 6) is -1.79. The van der Waals surface area contributed by atoms with Crippen molar-refractivity contribution in [3.8, 4) is 10.4 Å². The van der Waals surface area contributed by atoms with Gasteiger partial charge in [-0.25, -0.2) is 4.79 Å². The van der Waals surface area contributed by atoms with Gasteiger partial charge in [0.15, 0.2) is 0 Å². The summed E-state index contributed by atoms with van der Waals surface area (Å²) < 4.78 is 0.624. The number of carboxylic acids is 1. The first-order valence-corrected chi connectivity index (χ1v) is 9.64. The van der Waals surface area contributed by atoms with Crippen LogP contribution in [-0.2, 0) is 4.79 Å². The van der Waals surface area contributed by atoms with E-state index in [1.54, 1.807) is 18.2 Å². The van der Waals surface area contributed by atoms with E-state index in [-0.39, 0.29) is 11.3 Å². The molecule has 0 aliphatic rings. The van der Waals surface area contributed by atoms with E-state index in [4.69, 9.17) is 11.6 Å². The van der Waals surface area contributed by atoms with Gasteiger partial charge in [0, 0.05) is 37.2 Å². The van der Waals surface area contributed by atoms with E-state index in [2.05, 4.69) is 26.2 Å². The molecule has 5 nitrogen and oxygen atoms in total. The smallest absolute Gasteiger partial charge is 0.352 e. The van der Waals surface area contributed by atoms with Gasteiger partial charge in [-0.2, -0.15) is 0 Å². The lowest BCUT2D eigenvalue weighted by atomic mass is 10.2. The number of hydrogen-bond acceptors (Lipinski definition) is 4. The minimum atomic E-state index is -1.24. The zero-order valence-corrected chi connectivity index (χ0v) is 16.8. The first kappa shape index (κ1) is 19.3. The average Bonchev–Trinajstić information content (AvgIpc) is 3.09. The Kier molecular flexibility index (Phi) is 6.05. The zero-order chi connectivity index (χ0) is 19.4. The van der Waals surface area contributed by atoms with Crippen LogP contribution < -0.4 is 5.32 Å². The SMILES string of the molecule is O=C(O)C(=Cc1ccc(-c2ccccc2Cl)s1)NC(=O)c1cncc(Br)c1. The summed E-state index contributed by atoms with van der Waals surface area (Å²) in [6.45, 7) is 0. The first-order chi connectivity index (χ1) is 12.9. The highest BCUT2D eigenvalue weighted by Gasteiger charge is 2.15. The van der Waals surface area contributed by atoms with Crippen LogP contribution in [0.25, 0.3) is 16.5 Å². The molecule has 8 heteroatoms. The number of carbonyl (C=O) groups excluding carboxylic acids is 1. The van der Waals surface area contributed by atoms with Gasteiger partial charge in [-0.1, -0.05) is 29.8 Å². The molecule has 0 radical (unpaired) electrons. The molecule has 2 aromatic heterocycles. The summed E-state index contributed by atoms with van der Waals surface area (Å²) in [7, 11) is 0. The van der Waals surface area contributed by atoms with Gasteiger partial charge in [-0.15, -0.1) is 11.3 Å². The Balaban J connectivity index is 1.85. The lowest BCUT2D eigenvalue weighted by Crippen LogP contribution is -2.27. The number of rotatable bonds is 5. The average molecular weight is 464 g/mol. The van der Waals surface area contributed by atoms with Crippen molar-refractivity contribution in [1.82, 2.24) is 10.3 Å². The molecule has 2 heterocycles. The molecular formula is C19H12BrClN2O3S. The standard InChI is InChI=1S/C19H12BrClN2O3S/c20-12-7-11(9-22-10-12)18(24)23-16(19(25)26)8-13-5-6-17(27-13)14-3-1-2-4-15(14)21/h1-10H,(H,23,24)(H,25,26). The topological polar surface area (TPSA) is 79.3 Å². The van der Waals surface area contributed by atoms with Crippen LogP contribution >= 0.6 is 38.9 Å².